The second-order valence-corrected chi connectivity index (χ2v) is 6.35. The molecule has 0 saturated heterocycles. The Hall–Kier alpha value is -2.49. The quantitative estimate of drug-likeness (QED) is 0.564. The number of pyridine rings is 1. The van der Waals surface area contributed by atoms with Crippen molar-refractivity contribution >= 4 is 17.2 Å². The van der Waals surface area contributed by atoms with Crippen LogP contribution in [0.3, 0.4) is 0 Å². The van der Waals surface area contributed by atoms with Crippen molar-refractivity contribution < 1.29 is 0 Å². The number of rotatable bonds is 3. The van der Waals surface area contributed by atoms with Crippen LogP contribution < -0.4 is 0 Å². The minimum atomic E-state index is 0.294. The number of imidazole rings is 1. The van der Waals surface area contributed by atoms with Crippen molar-refractivity contribution in [2.24, 2.45) is 10.2 Å². The number of benzene rings is 1. The number of aromatic nitrogens is 2. The van der Waals surface area contributed by atoms with Crippen molar-refractivity contribution in [1.82, 2.24) is 9.38 Å². The summed E-state index contributed by atoms with van der Waals surface area (Å²) < 4.78 is 2.03. The van der Waals surface area contributed by atoms with Crippen LogP contribution in [-0.2, 0) is 0 Å². The van der Waals surface area contributed by atoms with E-state index in [4.69, 9.17) is 4.98 Å². The Kier molecular flexibility index (Phi) is 3.99. The largest absolute Gasteiger partial charge is 0.283 e. The Morgan fingerprint density at radius 2 is 1.78 bits per heavy atom. The van der Waals surface area contributed by atoms with Crippen LogP contribution in [0.5, 0.6) is 0 Å². The number of hydrogen-bond acceptors (Lipinski definition) is 3. The molecular weight excluding hydrogens is 284 g/mol. The van der Waals surface area contributed by atoms with Crippen LogP contribution in [0, 0.1) is 20.8 Å². The lowest BCUT2D eigenvalue weighted by Crippen LogP contribution is -1.87. The molecule has 4 nitrogen and oxygen atoms in total. The van der Waals surface area contributed by atoms with Crippen LogP contribution in [0.15, 0.2) is 46.8 Å². The average molecular weight is 306 g/mol. The van der Waals surface area contributed by atoms with Gasteiger partial charge in [0.15, 0.2) is 5.82 Å². The maximum absolute atomic E-state index is 4.77. The minimum absolute atomic E-state index is 0.294. The van der Waals surface area contributed by atoms with Crippen LogP contribution in [0.2, 0.25) is 0 Å². The van der Waals surface area contributed by atoms with Gasteiger partial charge >= 0.3 is 0 Å². The van der Waals surface area contributed by atoms with Crippen LogP contribution in [0.4, 0.5) is 11.5 Å². The van der Waals surface area contributed by atoms with Crippen molar-refractivity contribution in [3.63, 3.8) is 0 Å². The zero-order valence-electron chi connectivity index (χ0n) is 14.3. The van der Waals surface area contributed by atoms with Gasteiger partial charge in [0.2, 0.25) is 0 Å². The summed E-state index contributed by atoms with van der Waals surface area (Å²) in [6.45, 7) is 10.5. The van der Waals surface area contributed by atoms with E-state index in [0.717, 1.165) is 34.0 Å². The van der Waals surface area contributed by atoms with Crippen molar-refractivity contribution in [3.05, 3.63) is 58.9 Å². The smallest absolute Gasteiger partial charge is 0.183 e. The number of nitrogens with zero attached hydrogens (tertiary/aromatic N) is 4. The highest BCUT2D eigenvalue weighted by Gasteiger charge is 2.16. The third-order valence-corrected chi connectivity index (χ3v) is 4.00. The molecule has 23 heavy (non-hydrogen) atoms. The Balaban J connectivity index is 2.13. The molecule has 0 aliphatic heterocycles. The first-order valence-electron chi connectivity index (χ1n) is 7.94. The molecule has 0 saturated carbocycles. The SMILES string of the molecule is Cc1ccc(N=Nc2c(C(C)C)nc3c(C)cccn23)c(C)c1. The Morgan fingerprint density at radius 1 is 1.00 bits per heavy atom. The van der Waals surface area contributed by atoms with Crippen LogP contribution in [-0.4, -0.2) is 9.38 Å². The first kappa shape index (κ1) is 15.4. The summed E-state index contributed by atoms with van der Waals surface area (Å²) in [5, 5.41) is 9.02. The van der Waals surface area contributed by atoms with Gasteiger partial charge in [-0.25, -0.2) is 4.98 Å². The molecule has 1 aromatic carbocycles. The fraction of sp³-hybridized carbons (Fsp3) is 0.316. The molecule has 118 valence electrons. The molecule has 0 amide bonds. The van der Waals surface area contributed by atoms with E-state index >= 15 is 0 Å². The molecule has 0 unspecified atom stereocenters. The summed E-state index contributed by atoms with van der Waals surface area (Å²) in [6.07, 6.45) is 2.00. The summed E-state index contributed by atoms with van der Waals surface area (Å²) in [7, 11) is 0. The third-order valence-electron chi connectivity index (χ3n) is 4.00. The van der Waals surface area contributed by atoms with Gasteiger partial charge in [0.05, 0.1) is 11.4 Å². The van der Waals surface area contributed by atoms with E-state index < -0.39 is 0 Å². The van der Waals surface area contributed by atoms with E-state index in [1.807, 2.05) is 22.7 Å². The Morgan fingerprint density at radius 3 is 2.48 bits per heavy atom. The lowest BCUT2D eigenvalue weighted by atomic mass is 10.1. The van der Waals surface area contributed by atoms with Crippen molar-refractivity contribution in [3.8, 4) is 0 Å². The van der Waals surface area contributed by atoms with Crippen LogP contribution in [0.25, 0.3) is 5.65 Å². The van der Waals surface area contributed by atoms with Gasteiger partial charge in [-0.1, -0.05) is 37.6 Å². The van der Waals surface area contributed by atoms with E-state index in [9.17, 15) is 0 Å². The van der Waals surface area contributed by atoms with Gasteiger partial charge in [-0.2, -0.15) is 0 Å². The Labute approximate surface area is 136 Å². The fourth-order valence-electron chi connectivity index (χ4n) is 2.71. The van der Waals surface area contributed by atoms with E-state index in [2.05, 4.69) is 63.0 Å². The molecule has 0 spiro atoms. The van der Waals surface area contributed by atoms with Gasteiger partial charge in [0.25, 0.3) is 0 Å². The van der Waals surface area contributed by atoms with Gasteiger partial charge < -0.3 is 0 Å². The van der Waals surface area contributed by atoms with E-state index in [1.165, 1.54) is 5.56 Å². The molecule has 0 aliphatic rings. The second kappa shape index (κ2) is 5.95. The molecule has 2 heterocycles. The molecule has 0 atom stereocenters. The van der Waals surface area contributed by atoms with E-state index in [0.29, 0.717) is 5.92 Å². The fourth-order valence-corrected chi connectivity index (χ4v) is 2.71. The molecule has 0 fully saturated rings. The predicted octanol–water partition coefficient (Wildman–Crippen LogP) is 5.80. The summed E-state index contributed by atoms with van der Waals surface area (Å²) in [5.74, 6) is 1.11. The standard InChI is InChI=1S/C19H22N4/c1-12(2)17-19(23-10-6-7-14(4)18(23)20-17)22-21-16-9-8-13(3)11-15(16)5/h6-12H,1-5H3. The van der Waals surface area contributed by atoms with Gasteiger partial charge in [0.1, 0.15) is 5.65 Å². The maximum atomic E-state index is 4.77. The van der Waals surface area contributed by atoms with Crippen molar-refractivity contribution in [1.29, 1.82) is 0 Å². The van der Waals surface area contributed by atoms with E-state index in [1.54, 1.807) is 0 Å². The predicted molar refractivity (Wildman–Crippen MR) is 94.1 cm³/mol. The lowest BCUT2D eigenvalue weighted by molar-refractivity contribution is 0.831. The topological polar surface area (TPSA) is 42.0 Å². The first-order chi connectivity index (χ1) is 11.0. The second-order valence-electron chi connectivity index (χ2n) is 6.35. The summed E-state index contributed by atoms with van der Waals surface area (Å²) in [4.78, 5) is 4.77. The molecule has 0 N–H and O–H groups in total. The maximum Gasteiger partial charge on any atom is 0.183 e. The monoisotopic (exact) mass is 306 g/mol. The van der Waals surface area contributed by atoms with Crippen LogP contribution in [0.1, 0.15) is 42.1 Å². The molecule has 0 radical (unpaired) electrons. The van der Waals surface area contributed by atoms with Gasteiger partial charge in [-0.15, -0.1) is 10.2 Å². The highest BCUT2D eigenvalue weighted by atomic mass is 15.2. The zero-order valence-corrected chi connectivity index (χ0v) is 14.3. The normalized spacial score (nSPS) is 11.9. The number of azo groups is 1. The van der Waals surface area contributed by atoms with Gasteiger partial charge in [0, 0.05) is 6.20 Å². The molecule has 0 aliphatic carbocycles. The summed E-state index contributed by atoms with van der Waals surface area (Å²) in [6, 6.07) is 10.3. The zero-order chi connectivity index (χ0) is 16.6. The van der Waals surface area contributed by atoms with E-state index in [-0.39, 0.29) is 0 Å². The van der Waals surface area contributed by atoms with Crippen molar-refractivity contribution in [2.75, 3.05) is 0 Å². The number of hydrogen-bond donors (Lipinski definition) is 0. The van der Waals surface area contributed by atoms with Gasteiger partial charge in [-0.3, -0.25) is 4.40 Å². The number of aryl methyl sites for hydroxylation is 3. The van der Waals surface area contributed by atoms with Gasteiger partial charge in [-0.05, 0) is 49.9 Å². The average Bonchev–Trinajstić information content (AvgIpc) is 2.87. The molecular formula is C19H22N4. The molecule has 4 heteroatoms. The molecule has 0 bridgehead atoms. The summed E-state index contributed by atoms with van der Waals surface area (Å²) in [5.41, 5.74) is 6.33. The first-order valence-corrected chi connectivity index (χ1v) is 7.94. The molecule has 3 rings (SSSR count). The number of fused-ring (bicyclic) bond motifs is 1. The lowest BCUT2D eigenvalue weighted by Gasteiger charge is -2.03. The van der Waals surface area contributed by atoms with Crippen LogP contribution >= 0.6 is 0 Å². The third kappa shape index (κ3) is 2.89. The van der Waals surface area contributed by atoms with Crippen molar-refractivity contribution in [2.45, 2.75) is 40.5 Å². The molecule has 2 aromatic heterocycles. The highest BCUT2D eigenvalue weighted by Crippen LogP contribution is 2.31. The molecule has 3 aromatic rings. The summed E-state index contributed by atoms with van der Waals surface area (Å²) >= 11 is 0. The Bertz CT molecular complexity index is 888. The minimum Gasteiger partial charge on any atom is -0.283 e. The highest BCUT2D eigenvalue weighted by molar-refractivity contribution is 5.57.